The average molecular weight is 420 g/mol. The van der Waals surface area contributed by atoms with Crippen molar-refractivity contribution in [3.63, 3.8) is 0 Å². The molecule has 0 aliphatic carbocycles. The van der Waals surface area contributed by atoms with E-state index in [1.807, 2.05) is 18.4 Å². The minimum Gasteiger partial charge on any atom is -0.356 e. The molecule has 154 valence electrons. The van der Waals surface area contributed by atoms with Crippen LogP contribution in [0.5, 0.6) is 0 Å². The van der Waals surface area contributed by atoms with Gasteiger partial charge in [0.2, 0.25) is 0 Å². The van der Waals surface area contributed by atoms with Gasteiger partial charge in [-0.15, -0.1) is 22.7 Å². The molecule has 0 radical (unpaired) electrons. The number of nitrogens with zero attached hydrogens (tertiary/aromatic N) is 3. The predicted octanol–water partition coefficient (Wildman–Crippen LogP) is 4.12. The molecule has 2 unspecified atom stereocenters. The van der Waals surface area contributed by atoms with Crippen molar-refractivity contribution in [2.24, 2.45) is 10.9 Å². The summed E-state index contributed by atoms with van der Waals surface area (Å²) in [4.78, 5) is 13.1. The van der Waals surface area contributed by atoms with E-state index in [1.165, 1.54) is 35.0 Å². The fraction of sp³-hybridized carbons (Fsp3) is 0.619. The van der Waals surface area contributed by atoms with E-state index in [0.29, 0.717) is 17.9 Å². The Balaban J connectivity index is 1.48. The van der Waals surface area contributed by atoms with Crippen molar-refractivity contribution < 1.29 is 0 Å². The summed E-state index contributed by atoms with van der Waals surface area (Å²) >= 11 is 3.63. The molecule has 0 aromatic carbocycles. The van der Waals surface area contributed by atoms with Crippen LogP contribution in [0.25, 0.3) is 0 Å². The lowest BCUT2D eigenvalue weighted by Crippen LogP contribution is -2.45. The number of hydrogen-bond donors (Lipinski definition) is 2. The van der Waals surface area contributed by atoms with Gasteiger partial charge in [-0.25, -0.2) is 4.98 Å². The largest absolute Gasteiger partial charge is 0.356 e. The fourth-order valence-electron chi connectivity index (χ4n) is 3.84. The summed E-state index contributed by atoms with van der Waals surface area (Å²) in [6.07, 6.45) is 3.44. The maximum atomic E-state index is 4.71. The van der Waals surface area contributed by atoms with E-state index in [9.17, 15) is 0 Å². The monoisotopic (exact) mass is 419 g/mol. The van der Waals surface area contributed by atoms with Crippen LogP contribution >= 0.6 is 22.7 Å². The van der Waals surface area contributed by atoms with Crippen LogP contribution in [0.1, 0.15) is 54.2 Å². The van der Waals surface area contributed by atoms with Crippen LogP contribution in [0.2, 0.25) is 0 Å². The highest BCUT2D eigenvalue weighted by molar-refractivity contribution is 7.10. The summed E-state index contributed by atoms with van der Waals surface area (Å²) in [5.41, 5.74) is 1.17. The molecule has 1 aliphatic heterocycles. The molecule has 2 N–H and O–H groups in total. The minimum absolute atomic E-state index is 0.504. The van der Waals surface area contributed by atoms with Crippen molar-refractivity contribution in [1.82, 2.24) is 20.5 Å². The molecular formula is C21H33N5S2. The summed E-state index contributed by atoms with van der Waals surface area (Å²) in [5, 5.41) is 12.6. The lowest BCUT2D eigenvalue weighted by Gasteiger charge is -2.39. The molecule has 3 rings (SSSR count). The van der Waals surface area contributed by atoms with Gasteiger partial charge in [-0.2, -0.15) is 0 Å². The maximum absolute atomic E-state index is 4.71. The SMILES string of the molecule is CN=C(NCCc1csc(C(C)C)n1)NCC1CCCN(C)C1c1cccs1. The summed E-state index contributed by atoms with van der Waals surface area (Å²) in [7, 11) is 4.10. The molecule has 1 saturated heterocycles. The molecule has 0 saturated carbocycles. The third kappa shape index (κ3) is 5.55. The molecule has 0 spiro atoms. The van der Waals surface area contributed by atoms with Crippen LogP contribution in [0.4, 0.5) is 0 Å². The average Bonchev–Trinajstić information content (AvgIpc) is 3.36. The molecule has 0 bridgehead atoms. The van der Waals surface area contributed by atoms with Gasteiger partial charge in [0.25, 0.3) is 0 Å². The van der Waals surface area contributed by atoms with Gasteiger partial charge < -0.3 is 10.6 Å². The number of thiazole rings is 1. The van der Waals surface area contributed by atoms with Gasteiger partial charge in [0, 0.05) is 48.8 Å². The van der Waals surface area contributed by atoms with E-state index < -0.39 is 0 Å². The third-order valence-electron chi connectivity index (χ3n) is 5.33. The quantitative estimate of drug-likeness (QED) is 0.524. The molecule has 2 aromatic rings. The highest BCUT2D eigenvalue weighted by atomic mass is 32.1. The van der Waals surface area contributed by atoms with E-state index in [4.69, 9.17) is 4.98 Å². The summed E-state index contributed by atoms with van der Waals surface area (Å²) < 4.78 is 0. The van der Waals surface area contributed by atoms with Crippen LogP contribution in [-0.4, -0.2) is 49.6 Å². The zero-order valence-electron chi connectivity index (χ0n) is 17.4. The van der Waals surface area contributed by atoms with E-state index in [-0.39, 0.29) is 0 Å². The lowest BCUT2D eigenvalue weighted by molar-refractivity contribution is 0.125. The first-order chi connectivity index (χ1) is 13.6. The number of piperidine rings is 1. The molecule has 7 heteroatoms. The molecule has 1 aliphatic rings. The van der Waals surface area contributed by atoms with E-state index >= 15 is 0 Å². The number of hydrogen-bond acceptors (Lipinski definition) is 5. The van der Waals surface area contributed by atoms with Crippen molar-refractivity contribution in [1.29, 1.82) is 0 Å². The second kappa shape index (κ2) is 10.4. The molecule has 1 fully saturated rings. The Hall–Kier alpha value is -1.44. The predicted molar refractivity (Wildman–Crippen MR) is 122 cm³/mol. The Morgan fingerprint density at radius 2 is 2.21 bits per heavy atom. The third-order valence-corrected chi connectivity index (χ3v) is 7.47. The standard InChI is InChI=1S/C21H33N5S2/c1-15(2)20-25-17(14-28-20)9-10-23-21(22-3)24-13-16-7-5-11-26(4)19(16)18-8-6-12-27-18/h6,8,12,14-16,19H,5,7,9-11,13H2,1-4H3,(H2,22,23,24). The van der Waals surface area contributed by atoms with Crippen LogP contribution in [-0.2, 0) is 6.42 Å². The van der Waals surface area contributed by atoms with Gasteiger partial charge >= 0.3 is 0 Å². The van der Waals surface area contributed by atoms with Gasteiger partial charge in [-0.05, 0) is 43.8 Å². The number of aromatic nitrogens is 1. The maximum Gasteiger partial charge on any atom is 0.190 e. The van der Waals surface area contributed by atoms with Gasteiger partial charge in [0.15, 0.2) is 5.96 Å². The van der Waals surface area contributed by atoms with E-state index in [0.717, 1.165) is 25.5 Å². The van der Waals surface area contributed by atoms with Crippen LogP contribution in [0.3, 0.4) is 0 Å². The summed E-state index contributed by atoms with van der Waals surface area (Å²) in [6, 6.07) is 4.94. The lowest BCUT2D eigenvalue weighted by atomic mass is 9.88. The number of rotatable bonds is 7. The Morgan fingerprint density at radius 1 is 1.36 bits per heavy atom. The Bertz CT molecular complexity index is 738. The normalized spacial score (nSPS) is 21.2. The van der Waals surface area contributed by atoms with Gasteiger partial charge in [-0.1, -0.05) is 19.9 Å². The number of thiophene rings is 1. The second-order valence-electron chi connectivity index (χ2n) is 7.80. The number of nitrogens with one attached hydrogen (secondary N) is 2. The number of aliphatic imine (C=N–C) groups is 1. The highest BCUT2D eigenvalue weighted by Crippen LogP contribution is 2.36. The van der Waals surface area contributed by atoms with Gasteiger partial charge in [0.1, 0.15) is 0 Å². The molecule has 2 atom stereocenters. The Labute approximate surface area is 177 Å². The molecular weight excluding hydrogens is 386 g/mol. The first-order valence-electron chi connectivity index (χ1n) is 10.2. The van der Waals surface area contributed by atoms with Crippen molar-refractivity contribution in [3.05, 3.63) is 38.5 Å². The van der Waals surface area contributed by atoms with Crippen LogP contribution in [0, 0.1) is 5.92 Å². The van der Waals surface area contributed by atoms with Crippen molar-refractivity contribution in [2.45, 2.75) is 45.1 Å². The number of likely N-dealkylation sites (tertiary alicyclic amines) is 1. The van der Waals surface area contributed by atoms with E-state index in [1.54, 1.807) is 11.3 Å². The number of guanidine groups is 1. The minimum atomic E-state index is 0.504. The first kappa shape index (κ1) is 21.3. The van der Waals surface area contributed by atoms with Gasteiger partial charge in [0.05, 0.1) is 10.7 Å². The van der Waals surface area contributed by atoms with E-state index in [2.05, 4.69) is 64.3 Å². The zero-order valence-corrected chi connectivity index (χ0v) is 19.1. The Kier molecular flexibility index (Phi) is 7.88. The fourth-order valence-corrected chi connectivity index (χ4v) is 5.70. The smallest absolute Gasteiger partial charge is 0.190 e. The summed E-state index contributed by atoms with van der Waals surface area (Å²) in [6.45, 7) is 7.36. The molecule has 5 nitrogen and oxygen atoms in total. The Morgan fingerprint density at radius 3 is 2.89 bits per heavy atom. The van der Waals surface area contributed by atoms with Crippen molar-refractivity contribution >= 4 is 28.6 Å². The second-order valence-corrected chi connectivity index (χ2v) is 9.67. The summed E-state index contributed by atoms with van der Waals surface area (Å²) in [5.74, 6) is 1.99. The molecule has 28 heavy (non-hydrogen) atoms. The van der Waals surface area contributed by atoms with Crippen LogP contribution < -0.4 is 10.6 Å². The molecule has 2 aromatic heterocycles. The van der Waals surface area contributed by atoms with Crippen molar-refractivity contribution in [2.75, 3.05) is 33.7 Å². The first-order valence-corrected chi connectivity index (χ1v) is 12.0. The van der Waals surface area contributed by atoms with Crippen LogP contribution in [0.15, 0.2) is 27.9 Å². The topological polar surface area (TPSA) is 52.6 Å². The highest BCUT2D eigenvalue weighted by Gasteiger charge is 2.31. The van der Waals surface area contributed by atoms with Gasteiger partial charge in [-0.3, -0.25) is 9.89 Å². The molecule has 3 heterocycles. The zero-order chi connectivity index (χ0) is 19.9. The van der Waals surface area contributed by atoms with Crippen molar-refractivity contribution in [3.8, 4) is 0 Å². The molecule has 0 amide bonds.